The first-order valence-electron chi connectivity index (χ1n) is 10.3. The zero-order valence-corrected chi connectivity index (χ0v) is 16.4. The first kappa shape index (κ1) is 17.1. The molecule has 5 rings (SSSR count). The number of anilines is 1. The number of aromatic nitrogens is 1. The molecule has 0 amide bonds. The number of fused-ring (bicyclic) bond motifs is 2. The van der Waals surface area contributed by atoms with Crippen molar-refractivity contribution in [2.75, 3.05) is 32.6 Å². The van der Waals surface area contributed by atoms with E-state index in [1.807, 2.05) is 6.07 Å². The molecule has 1 aliphatic heterocycles. The van der Waals surface area contributed by atoms with E-state index < -0.39 is 0 Å². The van der Waals surface area contributed by atoms with Crippen LogP contribution in [0, 0.1) is 0 Å². The predicted molar refractivity (Wildman–Crippen MR) is 108 cm³/mol. The summed E-state index contributed by atoms with van der Waals surface area (Å²) >= 11 is 0. The van der Waals surface area contributed by atoms with Crippen LogP contribution in [-0.4, -0.2) is 49.3 Å². The molecule has 5 heteroatoms. The Balaban J connectivity index is 1.52. The van der Waals surface area contributed by atoms with Crippen LogP contribution in [0.15, 0.2) is 12.1 Å². The molecule has 2 heterocycles. The van der Waals surface area contributed by atoms with Crippen LogP contribution < -0.4 is 14.8 Å². The van der Waals surface area contributed by atoms with Crippen LogP contribution in [0.5, 0.6) is 11.5 Å². The van der Waals surface area contributed by atoms with Gasteiger partial charge in [-0.25, -0.2) is 0 Å². The molecule has 1 aromatic carbocycles. The lowest BCUT2D eigenvalue weighted by molar-refractivity contribution is 0.158. The van der Waals surface area contributed by atoms with Gasteiger partial charge in [0.2, 0.25) is 0 Å². The second-order valence-electron chi connectivity index (χ2n) is 8.20. The summed E-state index contributed by atoms with van der Waals surface area (Å²) in [5.41, 5.74) is 4.96. The number of rotatable bonds is 5. The average molecular weight is 367 g/mol. The Kier molecular flexibility index (Phi) is 4.35. The summed E-state index contributed by atoms with van der Waals surface area (Å²) in [6.45, 7) is 2.39. The standard InChI is InChI=1S/C22H29N3O2/c1-26-20-11-17-19(12-21(20)27-2)24-18-8-4-7-16(18)22(17)23-14-9-10-25(13-14)15-5-3-6-15/h11-12,14-15H,3-10,13H2,1-2H3,(H,23,24)/t14-/m1/s1. The van der Waals surface area contributed by atoms with Crippen LogP contribution in [0.2, 0.25) is 0 Å². The summed E-state index contributed by atoms with van der Waals surface area (Å²) in [6.07, 6.45) is 8.79. The number of nitrogens with one attached hydrogen (secondary N) is 1. The molecule has 27 heavy (non-hydrogen) atoms. The van der Waals surface area contributed by atoms with Gasteiger partial charge in [-0.1, -0.05) is 6.42 Å². The zero-order valence-electron chi connectivity index (χ0n) is 16.4. The number of hydrogen-bond donors (Lipinski definition) is 1. The van der Waals surface area contributed by atoms with Gasteiger partial charge in [0, 0.05) is 48.0 Å². The molecule has 1 N–H and O–H groups in total. The average Bonchev–Trinajstić information content (AvgIpc) is 3.28. The van der Waals surface area contributed by atoms with Gasteiger partial charge in [-0.3, -0.25) is 9.88 Å². The number of likely N-dealkylation sites (tertiary alicyclic amines) is 1. The highest BCUT2D eigenvalue weighted by atomic mass is 16.5. The Labute approximate surface area is 161 Å². The van der Waals surface area contributed by atoms with Crippen LogP contribution in [0.3, 0.4) is 0 Å². The van der Waals surface area contributed by atoms with E-state index >= 15 is 0 Å². The van der Waals surface area contributed by atoms with E-state index in [2.05, 4.69) is 16.3 Å². The Bertz CT molecular complexity index is 862. The van der Waals surface area contributed by atoms with Crippen LogP contribution in [0.4, 0.5) is 5.69 Å². The lowest BCUT2D eigenvalue weighted by atomic mass is 9.92. The number of ether oxygens (including phenoxy) is 2. The molecular formula is C22H29N3O2. The molecule has 1 atom stereocenters. The Morgan fingerprint density at radius 2 is 1.85 bits per heavy atom. The Morgan fingerprint density at radius 1 is 1.04 bits per heavy atom. The molecule has 2 aliphatic carbocycles. The highest BCUT2D eigenvalue weighted by Crippen LogP contribution is 2.40. The monoisotopic (exact) mass is 367 g/mol. The fourth-order valence-corrected chi connectivity index (χ4v) is 4.95. The van der Waals surface area contributed by atoms with Crippen LogP contribution in [0.1, 0.15) is 43.4 Å². The molecule has 1 saturated carbocycles. The third-order valence-electron chi connectivity index (χ3n) is 6.68. The molecule has 1 aromatic heterocycles. The van der Waals surface area contributed by atoms with Crippen molar-refractivity contribution in [2.45, 2.75) is 57.0 Å². The first-order chi connectivity index (χ1) is 13.3. The van der Waals surface area contributed by atoms with Crippen molar-refractivity contribution in [3.8, 4) is 11.5 Å². The van der Waals surface area contributed by atoms with E-state index in [4.69, 9.17) is 14.5 Å². The highest BCUT2D eigenvalue weighted by Gasteiger charge is 2.32. The largest absolute Gasteiger partial charge is 0.493 e. The lowest BCUT2D eigenvalue weighted by Gasteiger charge is -2.34. The summed E-state index contributed by atoms with van der Waals surface area (Å²) in [7, 11) is 3.38. The summed E-state index contributed by atoms with van der Waals surface area (Å²) in [4.78, 5) is 7.64. The van der Waals surface area contributed by atoms with Gasteiger partial charge in [-0.15, -0.1) is 0 Å². The van der Waals surface area contributed by atoms with E-state index in [9.17, 15) is 0 Å². The normalized spacial score (nSPS) is 22.7. The van der Waals surface area contributed by atoms with Gasteiger partial charge >= 0.3 is 0 Å². The molecule has 1 saturated heterocycles. The Hall–Kier alpha value is -2.01. The van der Waals surface area contributed by atoms with Crippen molar-refractivity contribution in [1.29, 1.82) is 0 Å². The molecular weight excluding hydrogens is 338 g/mol. The first-order valence-corrected chi connectivity index (χ1v) is 10.3. The van der Waals surface area contributed by atoms with Crippen molar-refractivity contribution in [3.05, 3.63) is 23.4 Å². The quantitative estimate of drug-likeness (QED) is 0.871. The predicted octanol–water partition coefficient (Wildman–Crippen LogP) is 3.78. The molecule has 2 aromatic rings. The highest BCUT2D eigenvalue weighted by molar-refractivity contribution is 5.96. The number of aryl methyl sites for hydroxylation is 1. The zero-order chi connectivity index (χ0) is 18.4. The summed E-state index contributed by atoms with van der Waals surface area (Å²) < 4.78 is 11.1. The molecule has 2 fully saturated rings. The number of pyridine rings is 1. The SMILES string of the molecule is COc1cc2nc3c(c(N[C@@H]4CCN(C5CCC5)C4)c2cc1OC)CCC3. The van der Waals surface area contributed by atoms with Gasteiger partial charge < -0.3 is 14.8 Å². The maximum atomic E-state index is 5.57. The maximum absolute atomic E-state index is 5.57. The van der Waals surface area contributed by atoms with Crippen molar-refractivity contribution < 1.29 is 9.47 Å². The molecule has 0 radical (unpaired) electrons. The molecule has 0 unspecified atom stereocenters. The molecule has 3 aliphatic rings. The minimum atomic E-state index is 0.522. The minimum absolute atomic E-state index is 0.522. The third kappa shape index (κ3) is 2.92. The van der Waals surface area contributed by atoms with Gasteiger partial charge in [-0.2, -0.15) is 0 Å². The third-order valence-corrected chi connectivity index (χ3v) is 6.68. The number of methoxy groups -OCH3 is 2. The van der Waals surface area contributed by atoms with E-state index in [0.717, 1.165) is 47.8 Å². The summed E-state index contributed by atoms with van der Waals surface area (Å²) in [5.74, 6) is 1.52. The van der Waals surface area contributed by atoms with E-state index in [1.54, 1.807) is 14.2 Å². The smallest absolute Gasteiger partial charge is 0.162 e. The summed E-state index contributed by atoms with van der Waals surface area (Å²) in [5, 5.41) is 5.09. The second kappa shape index (κ2) is 6.86. The van der Waals surface area contributed by atoms with Gasteiger partial charge in [0.15, 0.2) is 11.5 Å². The van der Waals surface area contributed by atoms with Gasteiger partial charge in [0.05, 0.1) is 19.7 Å². The topological polar surface area (TPSA) is 46.6 Å². The molecule has 5 nitrogen and oxygen atoms in total. The molecule has 0 spiro atoms. The van der Waals surface area contributed by atoms with Gasteiger partial charge in [0.1, 0.15) is 0 Å². The van der Waals surface area contributed by atoms with E-state index in [0.29, 0.717) is 6.04 Å². The van der Waals surface area contributed by atoms with E-state index in [1.165, 1.54) is 55.6 Å². The van der Waals surface area contributed by atoms with Gasteiger partial charge in [0.25, 0.3) is 0 Å². The number of hydrogen-bond acceptors (Lipinski definition) is 5. The fourth-order valence-electron chi connectivity index (χ4n) is 4.95. The van der Waals surface area contributed by atoms with Crippen molar-refractivity contribution in [2.24, 2.45) is 0 Å². The van der Waals surface area contributed by atoms with Crippen molar-refractivity contribution in [3.63, 3.8) is 0 Å². The Morgan fingerprint density at radius 3 is 2.59 bits per heavy atom. The van der Waals surface area contributed by atoms with Crippen molar-refractivity contribution >= 4 is 16.6 Å². The van der Waals surface area contributed by atoms with Crippen LogP contribution >= 0.6 is 0 Å². The minimum Gasteiger partial charge on any atom is -0.493 e. The van der Waals surface area contributed by atoms with Crippen LogP contribution in [-0.2, 0) is 12.8 Å². The van der Waals surface area contributed by atoms with Crippen LogP contribution in [0.25, 0.3) is 10.9 Å². The van der Waals surface area contributed by atoms with Gasteiger partial charge in [-0.05, 0) is 50.2 Å². The maximum Gasteiger partial charge on any atom is 0.162 e. The molecule has 144 valence electrons. The second-order valence-corrected chi connectivity index (χ2v) is 8.20. The fraction of sp³-hybridized carbons (Fsp3) is 0.591. The number of benzene rings is 1. The van der Waals surface area contributed by atoms with E-state index in [-0.39, 0.29) is 0 Å². The lowest BCUT2D eigenvalue weighted by Crippen LogP contribution is -2.39. The number of nitrogens with zero attached hydrogens (tertiary/aromatic N) is 2. The summed E-state index contributed by atoms with van der Waals surface area (Å²) in [6, 6.07) is 5.48. The van der Waals surface area contributed by atoms with Crippen molar-refractivity contribution in [1.82, 2.24) is 9.88 Å². The molecule has 0 bridgehead atoms.